The summed E-state index contributed by atoms with van der Waals surface area (Å²) in [6, 6.07) is 0. The molecule has 0 aliphatic carbocycles. The van der Waals surface area contributed by atoms with Crippen LogP contribution in [0.3, 0.4) is 0 Å². The summed E-state index contributed by atoms with van der Waals surface area (Å²) in [6.07, 6.45) is 1.60. The highest BCUT2D eigenvalue weighted by atomic mass is 79.9. The average molecular weight is 302 g/mol. The van der Waals surface area contributed by atoms with Crippen LogP contribution in [0.25, 0.3) is 0 Å². The molecule has 0 aromatic carbocycles. The van der Waals surface area contributed by atoms with Gasteiger partial charge in [-0.1, -0.05) is 0 Å². The van der Waals surface area contributed by atoms with E-state index < -0.39 is 0 Å². The van der Waals surface area contributed by atoms with E-state index in [0.29, 0.717) is 11.0 Å². The predicted molar refractivity (Wildman–Crippen MR) is 68.2 cm³/mol. The van der Waals surface area contributed by atoms with Crippen LogP contribution in [0.2, 0.25) is 0 Å². The minimum Gasteiger partial charge on any atom is -0.374 e. The van der Waals surface area contributed by atoms with Crippen molar-refractivity contribution in [2.45, 2.75) is 19.6 Å². The van der Waals surface area contributed by atoms with Gasteiger partial charge in [0.2, 0.25) is 0 Å². The molecule has 1 unspecified atom stereocenters. The lowest BCUT2D eigenvalue weighted by molar-refractivity contribution is -0.0283. The topological polar surface area (TPSA) is 47.4 Å². The molecule has 0 radical (unpaired) electrons. The van der Waals surface area contributed by atoms with Crippen molar-refractivity contribution >= 4 is 15.9 Å². The Labute approximate surface area is 109 Å². The van der Waals surface area contributed by atoms with E-state index in [1.54, 1.807) is 10.8 Å². The van der Waals surface area contributed by atoms with Gasteiger partial charge in [0.1, 0.15) is 10.3 Å². The molecule has 0 N–H and O–H groups in total. The first-order valence-electron chi connectivity index (χ1n) is 5.60. The van der Waals surface area contributed by atoms with Crippen LogP contribution in [0.4, 0.5) is 0 Å². The lowest BCUT2D eigenvalue weighted by Gasteiger charge is -2.30. The van der Waals surface area contributed by atoms with Gasteiger partial charge in [-0.15, -0.1) is 0 Å². The van der Waals surface area contributed by atoms with Crippen molar-refractivity contribution in [3.05, 3.63) is 26.8 Å². The summed E-state index contributed by atoms with van der Waals surface area (Å²) in [4.78, 5) is 18.3. The van der Waals surface area contributed by atoms with Gasteiger partial charge in [-0.2, -0.15) is 0 Å². The lowest BCUT2D eigenvalue weighted by Crippen LogP contribution is -2.43. The molecule has 1 aromatic rings. The van der Waals surface area contributed by atoms with Gasteiger partial charge in [-0.05, 0) is 29.9 Å². The van der Waals surface area contributed by atoms with E-state index in [1.807, 2.05) is 6.92 Å². The number of aromatic nitrogens is 2. The van der Waals surface area contributed by atoms with E-state index in [1.165, 1.54) is 0 Å². The maximum atomic E-state index is 12.0. The van der Waals surface area contributed by atoms with Gasteiger partial charge >= 0.3 is 0 Å². The van der Waals surface area contributed by atoms with Crippen LogP contribution in [-0.4, -0.2) is 47.3 Å². The molecule has 2 heterocycles. The number of halogens is 1. The fourth-order valence-electron chi connectivity index (χ4n) is 1.95. The molecular weight excluding hydrogens is 286 g/mol. The first-order valence-corrected chi connectivity index (χ1v) is 6.39. The molecule has 6 heteroatoms. The highest BCUT2D eigenvalue weighted by molar-refractivity contribution is 9.10. The van der Waals surface area contributed by atoms with Crippen molar-refractivity contribution in [2.24, 2.45) is 0 Å². The summed E-state index contributed by atoms with van der Waals surface area (Å²) in [5.74, 6) is 0.718. The molecule has 2 rings (SSSR count). The van der Waals surface area contributed by atoms with Crippen LogP contribution in [0.1, 0.15) is 5.82 Å². The van der Waals surface area contributed by atoms with Gasteiger partial charge in [-0.3, -0.25) is 9.36 Å². The van der Waals surface area contributed by atoms with E-state index in [-0.39, 0.29) is 11.7 Å². The summed E-state index contributed by atoms with van der Waals surface area (Å²) < 4.78 is 7.81. The monoisotopic (exact) mass is 301 g/mol. The zero-order chi connectivity index (χ0) is 12.4. The van der Waals surface area contributed by atoms with Gasteiger partial charge < -0.3 is 9.64 Å². The first kappa shape index (κ1) is 12.7. The Balaban J connectivity index is 2.18. The largest absolute Gasteiger partial charge is 0.374 e. The molecular formula is C11H16BrN3O2. The minimum absolute atomic E-state index is 0.0469. The molecule has 5 nitrogen and oxygen atoms in total. The molecule has 0 amide bonds. The van der Waals surface area contributed by atoms with Crippen molar-refractivity contribution in [3.8, 4) is 0 Å². The number of hydrogen-bond donors (Lipinski definition) is 0. The summed E-state index contributed by atoms with van der Waals surface area (Å²) in [5, 5.41) is 0. The highest BCUT2D eigenvalue weighted by Gasteiger charge is 2.19. The molecule has 1 aromatic heterocycles. The molecule has 1 atom stereocenters. The Hall–Kier alpha value is -0.720. The standard InChI is InChI=1S/C11H16BrN3O2/c1-8-13-5-10(12)11(16)15(8)7-9-6-14(2)3-4-17-9/h5,9H,3-4,6-7H2,1-2H3. The molecule has 0 bridgehead atoms. The van der Waals surface area contributed by atoms with Crippen LogP contribution >= 0.6 is 15.9 Å². The van der Waals surface area contributed by atoms with Crippen LogP contribution in [-0.2, 0) is 11.3 Å². The Morgan fingerprint density at radius 2 is 2.41 bits per heavy atom. The van der Waals surface area contributed by atoms with E-state index in [2.05, 4.69) is 32.9 Å². The molecule has 17 heavy (non-hydrogen) atoms. The zero-order valence-electron chi connectivity index (χ0n) is 10.0. The second-order valence-corrected chi connectivity index (χ2v) is 5.18. The third-order valence-corrected chi connectivity index (χ3v) is 3.48. The van der Waals surface area contributed by atoms with Gasteiger partial charge in [0, 0.05) is 19.3 Å². The van der Waals surface area contributed by atoms with Crippen LogP contribution in [0.5, 0.6) is 0 Å². The Morgan fingerprint density at radius 1 is 1.65 bits per heavy atom. The van der Waals surface area contributed by atoms with Crippen molar-refractivity contribution < 1.29 is 4.74 Å². The van der Waals surface area contributed by atoms with E-state index >= 15 is 0 Å². The summed E-state index contributed by atoms with van der Waals surface area (Å²) in [7, 11) is 2.06. The van der Waals surface area contributed by atoms with Crippen molar-refractivity contribution in [3.63, 3.8) is 0 Å². The maximum absolute atomic E-state index is 12.0. The molecule has 0 spiro atoms. The number of morpholine rings is 1. The van der Waals surface area contributed by atoms with Gasteiger partial charge in [0.25, 0.3) is 5.56 Å². The van der Waals surface area contributed by atoms with E-state index in [4.69, 9.17) is 4.74 Å². The highest BCUT2D eigenvalue weighted by Crippen LogP contribution is 2.07. The Bertz CT molecular complexity index is 461. The third kappa shape index (κ3) is 2.94. The zero-order valence-corrected chi connectivity index (χ0v) is 11.6. The van der Waals surface area contributed by atoms with E-state index in [0.717, 1.165) is 25.5 Å². The van der Waals surface area contributed by atoms with Gasteiger partial charge in [0.15, 0.2) is 0 Å². The second-order valence-electron chi connectivity index (χ2n) is 4.32. The Morgan fingerprint density at radius 3 is 3.12 bits per heavy atom. The summed E-state index contributed by atoms with van der Waals surface area (Å²) >= 11 is 3.21. The fraction of sp³-hybridized carbons (Fsp3) is 0.636. The number of likely N-dealkylation sites (N-methyl/N-ethyl adjacent to an activating group) is 1. The number of nitrogens with zero attached hydrogens (tertiary/aromatic N) is 3. The third-order valence-electron chi connectivity index (χ3n) is 2.93. The smallest absolute Gasteiger partial charge is 0.267 e. The van der Waals surface area contributed by atoms with Crippen molar-refractivity contribution in [1.29, 1.82) is 0 Å². The quantitative estimate of drug-likeness (QED) is 0.804. The van der Waals surface area contributed by atoms with Gasteiger partial charge in [0.05, 0.1) is 19.3 Å². The van der Waals surface area contributed by atoms with Crippen LogP contribution in [0.15, 0.2) is 15.5 Å². The molecule has 94 valence electrons. The molecule has 1 aliphatic rings. The second kappa shape index (κ2) is 5.29. The number of ether oxygens (including phenoxy) is 1. The number of aryl methyl sites for hydroxylation is 1. The minimum atomic E-state index is -0.0469. The predicted octanol–water partition coefficient (Wildman–Crippen LogP) is 0.645. The van der Waals surface area contributed by atoms with Crippen molar-refractivity contribution in [1.82, 2.24) is 14.5 Å². The fourth-order valence-corrected chi connectivity index (χ4v) is 2.26. The molecule has 1 aliphatic heterocycles. The molecule has 1 fully saturated rings. The molecule has 0 saturated carbocycles. The Kier molecular flexibility index (Phi) is 3.96. The van der Waals surface area contributed by atoms with Crippen molar-refractivity contribution in [2.75, 3.05) is 26.7 Å². The molecule has 1 saturated heterocycles. The van der Waals surface area contributed by atoms with Gasteiger partial charge in [-0.25, -0.2) is 4.98 Å². The van der Waals surface area contributed by atoms with E-state index in [9.17, 15) is 4.79 Å². The maximum Gasteiger partial charge on any atom is 0.267 e. The normalized spacial score (nSPS) is 21.7. The SMILES string of the molecule is Cc1ncc(Br)c(=O)n1CC1CN(C)CCO1. The van der Waals surface area contributed by atoms with Crippen LogP contribution in [0, 0.1) is 6.92 Å². The number of hydrogen-bond acceptors (Lipinski definition) is 4. The first-order chi connectivity index (χ1) is 8.08. The number of rotatable bonds is 2. The lowest BCUT2D eigenvalue weighted by atomic mass is 10.2. The summed E-state index contributed by atoms with van der Waals surface area (Å²) in [5.41, 5.74) is -0.0469. The average Bonchev–Trinajstić information content (AvgIpc) is 2.30. The van der Waals surface area contributed by atoms with Crippen LogP contribution < -0.4 is 5.56 Å². The summed E-state index contributed by atoms with van der Waals surface area (Å²) in [6.45, 7) is 4.90.